The predicted octanol–water partition coefficient (Wildman–Crippen LogP) is 12.1. The van der Waals surface area contributed by atoms with Gasteiger partial charge in [-0.1, -0.05) is 0 Å². The van der Waals surface area contributed by atoms with Gasteiger partial charge in [-0.3, -0.25) is 44.9 Å². The Labute approximate surface area is 632 Å². The van der Waals surface area contributed by atoms with E-state index in [1.807, 2.05) is 205 Å². The summed E-state index contributed by atoms with van der Waals surface area (Å²) in [4.78, 5) is 101. The molecule has 112 heavy (non-hydrogen) atoms. The van der Waals surface area contributed by atoms with E-state index in [-0.39, 0.29) is 0 Å². The number of fused-ring (bicyclic) bond motifs is 24. The summed E-state index contributed by atoms with van der Waals surface area (Å²) in [5, 5.41) is 8.57. The first-order valence-corrected chi connectivity index (χ1v) is 34.9. The zero-order valence-corrected chi connectivity index (χ0v) is 61.4. The molecule has 24 aromatic rings. The lowest BCUT2D eigenvalue weighted by Gasteiger charge is -1.94. The quantitative estimate of drug-likeness (QED) is 0.136. The van der Waals surface area contributed by atoms with Crippen molar-refractivity contribution in [2.75, 3.05) is 0 Å². The van der Waals surface area contributed by atoms with Crippen molar-refractivity contribution in [2.24, 2.45) is 56.4 Å². The largest absolute Gasteiger partial charge is 0.340 e. The van der Waals surface area contributed by atoms with Gasteiger partial charge in [-0.2, -0.15) is 0 Å². The van der Waals surface area contributed by atoms with E-state index in [0.717, 1.165) is 177 Å². The first-order chi connectivity index (χ1) is 55.0. The second-order valence-electron chi connectivity index (χ2n) is 25.5. The molecule has 0 aliphatic carbocycles. The molecule has 0 aromatic carbocycles. The maximum atomic E-state index is 4.33. The number of pyridine rings is 8. The minimum atomic E-state index is 0.866. The number of aryl methyl sites for hydroxylation is 8. The number of nitrogens with zero attached hydrogens (tertiary/aromatic N) is 32. The van der Waals surface area contributed by atoms with E-state index in [9.17, 15) is 0 Å². The number of rotatable bonds is 0. The van der Waals surface area contributed by atoms with E-state index >= 15 is 0 Å². The highest BCUT2D eigenvalue weighted by Crippen LogP contribution is 2.30. The summed E-state index contributed by atoms with van der Waals surface area (Å²) in [6.07, 6.45) is 48.7. The van der Waals surface area contributed by atoms with Crippen LogP contribution in [0.5, 0.6) is 0 Å². The third kappa shape index (κ3) is 12.5. The van der Waals surface area contributed by atoms with Crippen LogP contribution in [-0.2, 0) is 56.4 Å². The Kier molecular flexibility index (Phi) is 18.5. The van der Waals surface area contributed by atoms with E-state index in [4.69, 9.17) is 0 Å². The molecule has 0 spiro atoms. The average Bonchev–Trinajstić information content (AvgIpc) is 1.70. The van der Waals surface area contributed by atoms with Crippen LogP contribution in [0.4, 0.5) is 0 Å². The zero-order chi connectivity index (χ0) is 76.3. The highest BCUT2D eigenvalue weighted by Gasteiger charge is 2.16. The molecule has 544 valence electrons. The van der Waals surface area contributed by atoms with Crippen molar-refractivity contribution in [3.8, 4) is 0 Å². The summed E-state index contributed by atoms with van der Waals surface area (Å²) in [6.45, 7) is 0. The van der Waals surface area contributed by atoms with Gasteiger partial charge in [-0.05, 0) is 72.8 Å². The van der Waals surface area contributed by atoms with E-state index < -0.39 is 0 Å². The van der Waals surface area contributed by atoms with Crippen molar-refractivity contribution < 1.29 is 0 Å². The Balaban J connectivity index is 0.0000000929. The normalized spacial score (nSPS) is 11.2. The lowest BCUT2D eigenvalue weighted by Crippen LogP contribution is -1.90. The third-order valence-corrected chi connectivity index (χ3v) is 19.3. The number of aromatic nitrogens is 32. The second kappa shape index (κ2) is 29.9. The lowest BCUT2D eigenvalue weighted by atomic mass is 10.3. The van der Waals surface area contributed by atoms with Crippen LogP contribution in [0.1, 0.15) is 0 Å². The van der Waals surface area contributed by atoms with Gasteiger partial charge in [0.05, 0.1) is 85.3 Å². The van der Waals surface area contributed by atoms with Crippen LogP contribution < -0.4 is 0 Å². The summed E-state index contributed by atoms with van der Waals surface area (Å²) in [5.41, 5.74) is 23.4. The van der Waals surface area contributed by atoms with Gasteiger partial charge in [0.2, 0.25) is 0 Å². The van der Waals surface area contributed by atoms with Crippen LogP contribution in [0.15, 0.2) is 247 Å². The van der Waals surface area contributed by atoms with Gasteiger partial charge >= 0.3 is 0 Å². The first kappa shape index (κ1) is 69.3. The van der Waals surface area contributed by atoms with Gasteiger partial charge in [-0.15, -0.1) is 0 Å². The fourth-order valence-electron chi connectivity index (χ4n) is 13.9. The number of hydrogen-bond acceptors (Lipinski definition) is 24. The maximum Gasteiger partial charge on any atom is 0.161 e. The molecular formula is C80H64N32. The van der Waals surface area contributed by atoms with Crippen molar-refractivity contribution >= 4 is 177 Å². The molecule has 0 atom stereocenters. The summed E-state index contributed by atoms with van der Waals surface area (Å²) in [5.74, 6) is 0. The van der Waals surface area contributed by atoms with Crippen molar-refractivity contribution in [1.82, 2.24) is 156 Å². The Bertz CT molecular complexity index is 5810. The maximum absolute atomic E-state index is 4.33. The van der Waals surface area contributed by atoms with E-state index in [2.05, 4.69) is 124 Å². The van der Waals surface area contributed by atoms with Gasteiger partial charge in [0, 0.05) is 218 Å². The molecule has 32 heteroatoms. The molecule has 0 aliphatic heterocycles. The summed E-state index contributed by atoms with van der Waals surface area (Å²) >= 11 is 0. The smallest absolute Gasteiger partial charge is 0.161 e. The van der Waals surface area contributed by atoms with Gasteiger partial charge in [0.1, 0.15) is 81.0 Å². The molecule has 0 saturated carbocycles. The van der Waals surface area contributed by atoms with Crippen molar-refractivity contribution in [3.63, 3.8) is 0 Å². The summed E-state index contributed by atoms with van der Waals surface area (Å²) in [7, 11) is 15.8. The first-order valence-electron chi connectivity index (χ1n) is 34.9. The van der Waals surface area contributed by atoms with Crippen LogP contribution in [0.25, 0.3) is 177 Å². The molecule has 0 radical (unpaired) electrons. The minimum absolute atomic E-state index is 0.866. The molecule has 0 saturated heterocycles. The van der Waals surface area contributed by atoms with Gasteiger partial charge < -0.3 is 36.5 Å². The second-order valence-corrected chi connectivity index (χ2v) is 25.5. The fourth-order valence-corrected chi connectivity index (χ4v) is 13.9. The lowest BCUT2D eigenvalue weighted by molar-refractivity contribution is 0.965. The standard InChI is InChI=1S/8C10H8N4/c1-14-9-2-3-11-4-7(9)8-5-12-6-13-10(8)14;1-14-8-4-11-3-2-7(8)10-9(14)5-12-6-13-10;1-14-8-2-3-11-6-7(8)9-10(14)13-5-4-12-9;1-14-8-6-11-3-2-7(8)9-10(14)13-5-4-12-9;1-14-8-3-2-4-12-9(8)7-5-11-6-13-10(7)14;1-14-8-5-11-6-13-9(8)7-3-2-4-12-10(7)14;1-14-7-3-2-4-11-8(7)9-10(14)13-6-5-12-9;1-14-9-7(3-2-4-12-9)8-10(14)13-6-5-11-8/h8*2-6H,1H3. The average molecular weight is 1470 g/mol. The molecule has 32 nitrogen and oxygen atoms in total. The van der Waals surface area contributed by atoms with Gasteiger partial charge in [-0.25, -0.2) is 74.8 Å². The van der Waals surface area contributed by atoms with Crippen LogP contribution in [0.2, 0.25) is 0 Å². The van der Waals surface area contributed by atoms with Crippen molar-refractivity contribution in [2.45, 2.75) is 0 Å². The zero-order valence-electron chi connectivity index (χ0n) is 61.4. The molecule has 24 rings (SSSR count). The van der Waals surface area contributed by atoms with Gasteiger partial charge in [0.25, 0.3) is 0 Å². The van der Waals surface area contributed by atoms with Crippen LogP contribution in [0.3, 0.4) is 0 Å². The topological polar surface area (TPSA) is 349 Å². The summed E-state index contributed by atoms with van der Waals surface area (Å²) < 4.78 is 16.1. The Morgan fingerprint density at radius 2 is 0.482 bits per heavy atom. The summed E-state index contributed by atoms with van der Waals surface area (Å²) in [6, 6.07) is 23.7. The van der Waals surface area contributed by atoms with Crippen molar-refractivity contribution in [3.05, 3.63) is 247 Å². The molecule has 0 fully saturated rings. The molecule has 0 unspecified atom stereocenters. The number of hydrogen-bond donors (Lipinski definition) is 0. The van der Waals surface area contributed by atoms with Gasteiger partial charge in [0.15, 0.2) is 22.6 Å². The minimum Gasteiger partial charge on any atom is -0.340 e. The molecule has 0 N–H and O–H groups in total. The Hall–Kier alpha value is -15.8. The molecule has 0 amide bonds. The SMILES string of the molecule is Cn1c2cccnc2c2cncnc21.Cn1c2cccnc2c2nccnc21.Cn1c2ccncc2c2cncnc21.Cn1c2ccncc2c2nccnc21.Cn1c2cnccc2c2nccnc21.Cn1c2cnccc2c2ncncc21.Cn1c2cncnc2c2cccnc21.Cn1c2ncccc2c2nccnc21. The molecule has 24 heterocycles. The molecule has 0 aliphatic rings. The third-order valence-electron chi connectivity index (χ3n) is 19.3. The molecule has 24 aromatic heterocycles. The molecular weight excluding hydrogens is 1410 g/mol. The monoisotopic (exact) mass is 1470 g/mol. The van der Waals surface area contributed by atoms with E-state index in [1.165, 1.54) is 0 Å². The van der Waals surface area contributed by atoms with Crippen LogP contribution in [-0.4, -0.2) is 156 Å². The van der Waals surface area contributed by atoms with Crippen LogP contribution >= 0.6 is 0 Å². The highest BCUT2D eigenvalue weighted by molar-refractivity contribution is 6.09. The Morgan fingerprint density at radius 3 is 1.12 bits per heavy atom. The van der Waals surface area contributed by atoms with Crippen molar-refractivity contribution in [1.29, 1.82) is 0 Å². The predicted molar refractivity (Wildman–Crippen MR) is 430 cm³/mol. The van der Waals surface area contributed by atoms with Crippen LogP contribution in [0, 0.1) is 0 Å². The fraction of sp³-hybridized carbons (Fsp3) is 0.100. The van der Waals surface area contributed by atoms with E-state index in [1.54, 1.807) is 131 Å². The molecule has 0 bridgehead atoms. The highest BCUT2D eigenvalue weighted by atomic mass is 15.1. The Morgan fingerprint density at radius 1 is 0.161 bits per heavy atom. The van der Waals surface area contributed by atoms with E-state index in [0.29, 0.717) is 0 Å².